The minimum atomic E-state index is 0.759. The summed E-state index contributed by atoms with van der Waals surface area (Å²) in [5.74, 6) is 0.919. The van der Waals surface area contributed by atoms with Crippen molar-refractivity contribution in [2.45, 2.75) is 25.7 Å². The van der Waals surface area contributed by atoms with E-state index in [9.17, 15) is 0 Å². The van der Waals surface area contributed by atoms with E-state index in [2.05, 4.69) is 0 Å². The molecule has 1 aliphatic rings. The van der Waals surface area contributed by atoms with Crippen molar-refractivity contribution in [3.8, 4) is 5.75 Å². The minimum absolute atomic E-state index is 0.759. The highest BCUT2D eigenvalue weighted by molar-refractivity contribution is 6.30. The van der Waals surface area contributed by atoms with E-state index in [1.54, 1.807) is 4.90 Å². The summed E-state index contributed by atoms with van der Waals surface area (Å²) in [4.78, 5) is 1.77. The SMILES string of the molecule is Clc1ccc(OCCCC[NH+]2CCCC2)cc1. The maximum absolute atomic E-state index is 5.81. The summed E-state index contributed by atoms with van der Waals surface area (Å²) in [6.07, 6.45) is 5.24. The fraction of sp³-hybridized carbons (Fsp3) is 0.571. The van der Waals surface area contributed by atoms with E-state index in [0.29, 0.717) is 0 Å². The maximum atomic E-state index is 5.81. The lowest BCUT2D eigenvalue weighted by atomic mass is 10.3. The summed E-state index contributed by atoms with van der Waals surface area (Å²) in [5.41, 5.74) is 0. The number of nitrogens with one attached hydrogen (secondary N) is 1. The van der Waals surface area contributed by atoms with Gasteiger partial charge in [0.1, 0.15) is 5.75 Å². The molecule has 3 heteroatoms. The Morgan fingerprint density at radius 1 is 1.06 bits per heavy atom. The quantitative estimate of drug-likeness (QED) is 0.769. The molecule has 0 amide bonds. The molecule has 0 unspecified atom stereocenters. The number of halogens is 1. The van der Waals surface area contributed by atoms with Crippen LogP contribution in [0.2, 0.25) is 5.02 Å². The number of unbranched alkanes of at least 4 members (excludes halogenated alkanes) is 1. The third-order valence-corrected chi connectivity index (χ3v) is 3.57. The second kappa shape index (κ2) is 6.87. The summed E-state index contributed by atoms with van der Waals surface area (Å²) in [7, 11) is 0. The van der Waals surface area contributed by atoms with Gasteiger partial charge in [0.05, 0.1) is 26.2 Å². The lowest BCUT2D eigenvalue weighted by Crippen LogP contribution is -3.09. The van der Waals surface area contributed by atoms with E-state index in [1.165, 1.54) is 38.9 Å². The first-order chi connectivity index (χ1) is 8.34. The van der Waals surface area contributed by atoms with E-state index in [4.69, 9.17) is 16.3 Å². The predicted octanol–water partition coefficient (Wildman–Crippen LogP) is 2.18. The van der Waals surface area contributed by atoms with Crippen LogP contribution in [0.3, 0.4) is 0 Å². The smallest absolute Gasteiger partial charge is 0.119 e. The monoisotopic (exact) mass is 254 g/mol. The van der Waals surface area contributed by atoms with Crippen molar-refractivity contribution < 1.29 is 9.64 Å². The van der Waals surface area contributed by atoms with Crippen molar-refractivity contribution in [2.75, 3.05) is 26.2 Å². The van der Waals surface area contributed by atoms with Crippen molar-refractivity contribution in [3.63, 3.8) is 0 Å². The van der Waals surface area contributed by atoms with Crippen LogP contribution in [0.25, 0.3) is 0 Å². The van der Waals surface area contributed by atoms with E-state index in [1.807, 2.05) is 24.3 Å². The summed E-state index contributed by atoms with van der Waals surface area (Å²) >= 11 is 5.81. The Hall–Kier alpha value is -0.730. The van der Waals surface area contributed by atoms with Gasteiger partial charge < -0.3 is 9.64 Å². The molecule has 1 aromatic carbocycles. The first-order valence-corrected chi connectivity index (χ1v) is 6.94. The van der Waals surface area contributed by atoms with Gasteiger partial charge in [0, 0.05) is 17.9 Å². The van der Waals surface area contributed by atoms with Gasteiger partial charge in [-0.25, -0.2) is 0 Å². The van der Waals surface area contributed by atoms with Gasteiger partial charge in [-0.05, 0) is 37.1 Å². The van der Waals surface area contributed by atoms with Gasteiger partial charge in [-0.15, -0.1) is 0 Å². The zero-order chi connectivity index (χ0) is 11.9. The molecule has 0 atom stereocenters. The van der Waals surface area contributed by atoms with Gasteiger partial charge in [-0.3, -0.25) is 0 Å². The molecule has 1 aromatic rings. The van der Waals surface area contributed by atoms with Crippen molar-refractivity contribution in [1.29, 1.82) is 0 Å². The molecule has 2 rings (SSSR count). The molecule has 17 heavy (non-hydrogen) atoms. The Balaban J connectivity index is 1.55. The predicted molar refractivity (Wildman–Crippen MR) is 71.0 cm³/mol. The Bertz CT molecular complexity index is 319. The fourth-order valence-corrected chi connectivity index (χ4v) is 2.45. The Kier molecular flexibility index (Phi) is 5.14. The normalized spacial score (nSPS) is 16.3. The zero-order valence-electron chi connectivity index (χ0n) is 10.3. The summed E-state index contributed by atoms with van der Waals surface area (Å²) in [6.45, 7) is 4.87. The lowest BCUT2D eigenvalue weighted by Gasteiger charge is -2.11. The molecule has 1 aliphatic heterocycles. The van der Waals surface area contributed by atoms with Crippen LogP contribution < -0.4 is 9.64 Å². The van der Waals surface area contributed by atoms with Crippen LogP contribution in [-0.4, -0.2) is 26.2 Å². The molecule has 0 aromatic heterocycles. The Morgan fingerprint density at radius 3 is 2.47 bits per heavy atom. The van der Waals surface area contributed by atoms with Crippen molar-refractivity contribution in [1.82, 2.24) is 0 Å². The number of rotatable bonds is 6. The molecule has 1 N–H and O–H groups in total. The molecule has 0 aliphatic carbocycles. The number of quaternary nitrogens is 1. The van der Waals surface area contributed by atoms with E-state index < -0.39 is 0 Å². The van der Waals surface area contributed by atoms with E-state index in [0.717, 1.165) is 23.8 Å². The molecule has 2 nitrogen and oxygen atoms in total. The van der Waals surface area contributed by atoms with Crippen molar-refractivity contribution in [3.05, 3.63) is 29.3 Å². The van der Waals surface area contributed by atoms with Crippen molar-refractivity contribution in [2.24, 2.45) is 0 Å². The average molecular weight is 255 g/mol. The van der Waals surface area contributed by atoms with Crippen LogP contribution in [0.4, 0.5) is 0 Å². The first kappa shape index (κ1) is 12.7. The average Bonchev–Trinajstić information content (AvgIpc) is 2.84. The highest BCUT2D eigenvalue weighted by Gasteiger charge is 2.13. The summed E-state index contributed by atoms with van der Waals surface area (Å²) in [5, 5.41) is 0.759. The topological polar surface area (TPSA) is 13.7 Å². The maximum Gasteiger partial charge on any atom is 0.119 e. The molecule has 0 spiro atoms. The Labute approximate surface area is 109 Å². The molecule has 0 bridgehead atoms. The molecular formula is C14H21ClNO+. The molecule has 94 valence electrons. The standard InChI is InChI=1S/C14H20ClNO/c15-13-5-7-14(8-6-13)17-12-4-3-11-16-9-1-2-10-16/h5-8H,1-4,9-12H2/p+1. The highest BCUT2D eigenvalue weighted by Crippen LogP contribution is 2.15. The van der Waals surface area contributed by atoms with Gasteiger partial charge >= 0.3 is 0 Å². The molecule has 1 fully saturated rings. The van der Waals surface area contributed by atoms with Crippen LogP contribution in [0.5, 0.6) is 5.75 Å². The third-order valence-electron chi connectivity index (χ3n) is 3.32. The van der Waals surface area contributed by atoms with Gasteiger partial charge in [0.15, 0.2) is 0 Å². The third kappa shape index (κ3) is 4.57. The number of likely N-dealkylation sites (tertiary alicyclic amines) is 1. The van der Waals surface area contributed by atoms with Crippen LogP contribution in [0.15, 0.2) is 24.3 Å². The molecule has 1 heterocycles. The van der Waals surface area contributed by atoms with E-state index >= 15 is 0 Å². The number of hydrogen-bond acceptors (Lipinski definition) is 1. The van der Waals surface area contributed by atoms with Crippen LogP contribution in [0.1, 0.15) is 25.7 Å². The summed E-state index contributed by atoms with van der Waals surface area (Å²) < 4.78 is 5.66. The molecule has 1 saturated heterocycles. The first-order valence-electron chi connectivity index (χ1n) is 6.56. The van der Waals surface area contributed by atoms with Crippen molar-refractivity contribution >= 4 is 11.6 Å². The van der Waals surface area contributed by atoms with Gasteiger partial charge in [-0.1, -0.05) is 11.6 Å². The second-order valence-electron chi connectivity index (χ2n) is 4.72. The Morgan fingerprint density at radius 2 is 1.76 bits per heavy atom. The van der Waals surface area contributed by atoms with Crippen LogP contribution in [-0.2, 0) is 0 Å². The molecular weight excluding hydrogens is 234 g/mol. The van der Waals surface area contributed by atoms with Gasteiger partial charge in [0.25, 0.3) is 0 Å². The second-order valence-corrected chi connectivity index (χ2v) is 5.15. The number of hydrogen-bond donors (Lipinski definition) is 1. The number of benzene rings is 1. The minimum Gasteiger partial charge on any atom is -0.494 e. The largest absolute Gasteiger partial charge is 0.494 e. The molecule has 0 saturated carbocycles. The van der Waals surface area contributed by atoms with Gasteiger partial charge in [0.2, 0.25) is 0 Å². The van der Waals surface area contributed by atoms with Crippen LogP contribution >= 0.6 is 11.6 Å². The summed E-state index contributed by atoms with van der Waals surface area (Å²) in [6, 6.07) is 7.58. The fourth-order valence-electron chi connectivity index (χ4n) is 2.32. The molecule has 0 radical (unpaired) electrons. The highest BCUT2D eigenvalue weighted by atomic mass is 35.5. The lowest BCUT2D eigenvalue weighted by molar-refractivity contribution is -0.887. The zero-order valence-corrected chi connectivity index (χ0v) is 11.0. The van der Waals surface area contributed by atoms with Gasteiger partial charge in [-0.2, -0.15) is 0 Å². The van der Waals surface area contributed by atoms with Crippen LogP contribution in [0, 0.1) is 0 Å². The number of ether oxygens (including phenoxy) is 1. The van der Waals surface area contributed by atoms with E-state index in [-0.39, 0.29) is 0 Å².